The highest BCUT2D eigenvalue weighted by molar-refractivity contribution is 7.19. The number of hydrogen-bond donors (Lipinski definition) is 0. The minimum absolute atomic E-state index is 0.472. The van der Waals surface area contributed by atoms with E-state index in [-0.39, 0.29) is 0 Å². The van der Waals surface area contributed by atoms with Crippen LogP contribution in [0.2, 0.25) is 10.0 Å². The van der Waals surface area contributed by atoms with Crippen LogP contribution in [0.1, 0.15) is 43.8 Å². The summed E-state index contributed by atoms with van der Waals surface area (Å²) < 4.78 is 1.89. The van der Waals surface area contributed by atoms with Crippen LogP contribution in [0.3, 0.4) is 0 Å². The van der Waals surface area contributed by atoms with Crippen LogP contribution in [0.5, 0.6) is 0 Å². The first-order valence-electron chi connectivity index (χ1n) is 7.40. The molecule has 0 bridgehead atoms. The quantitative estimate of drug-likeness (QED) is 0.635. The van der Waals surface area contributed by atoms with Gasteiger partial charge in [-0.05, 0) is 31.0 Å². The van der Waals surface area contributed by atoms with Gasteiger partial charge in [0.2, 0.25) is 4.96 Å². The molecule has 1 fully saturated rings. The molecule has 1 aliphatic carbocycles. The Balaban J connectivity index is 1.76. The highest BCUT2D eigenvalue weighted by Crippen LogP contribution is 2.36. The van der Waals surface area contributed by atoms with Crippen LogP contribution in [-0.2, 0) is 0 Å². The van der Waals surface area contributed by atoms with Crippen LogP contribution in [-0.4, -0.2) is 19.8 Å². The van der Waals surface area contributed by atoms with Crippen molar-refractivity contribution in [1.82, 2.24) is 19.8 Å². The van der Waals surface area contributed by atoms with Gasteiger partial charge in [-0.15, -0.1) is 10.2 Å². The van der Waals surface area contributed by atoms with Gasteiger partial charge in [-0.25, -0.2) is 0 Å². The molecule has 1 saturated carbocycles. The van der Waals surface area contributed by atoms with Crippen molar-refractivity contribution in [2.45, 2.75) is 38.0 Å². The number of aromatic nitrogens is 4. The van der Waals surface area contributed by atoms with Gasteiger partial charge in [-0.3, -0.25) is 0 Å². The zero-order valence-electron chi connectivity index (χ0n) is 11.8. The van der Waals surface area contributed by atoms with Crippen molar-refractivity contribution in [2.24, 2.45) is 0 Å². The van der Waals surface area contributed by atoms with Crippen LogP contribution in [0, 0.1) is 0 Å². The Morgan fingerprint density at radius 3 is 2.68 bits per heavy atom. The molecule has 0 N–H and O–H groups in total. The fourth-order valence-electron chi connectivity index (χ4n) is 3.02. The zero-order valence-corrected chi connectivity index (χ0v) is 14.1. The summed E-state index contributed by atoms with van der Waals surface area (Å²) in [5.41, 5.74) is 0.885. The second-order valence-electron chi connectivity index (χ2n) is 5.62. The molecule has 0 aliphatic heterocycles. The van der Waals surface area contributed by atoms with E-state index < -0.39 is 0 Å². The average Bonchev–Trinajstić information content (AvgIpc) is 3.08. The molecule has 22 heavy (non-hydrogen) atoms. The number of fused-ring (bicyclic) bond motifs is 1. The molecule has 0 atom stereocenters. The van der Waals surface area contributed by atoms with Gasteiger partial charge in [-0.1, -0.05) is 53.8 Å². The molecule has 2 aromatic heterocycles. The Hall–Kier alpha value is -1.17. The Bertz CT molecular complexity index is 820. The fourth-order valence-corrected chi connectivity index (χ4v) is 4.46. The van der Waals surface area contributed by atoms with E-state index in [1.54, 1.807) is 6.07 Å². The molecule has 114 valence electrons. The van der Waals surface area contributed by atoms with Crippen molar-refractivity contribution < 1.29 is 0 Å². The normalized spacial score (nSPS) is 16.5. The first kappa shape index (κ1) is 14.4. The summed E-state index contributed by atoms with van der Waals surface area (Å²) in [6.07, 6.45) is 6.20. The SMILES string of the molecule is Clc1ccc(-c2nn3c(C4CCCCC4)nnc3s2)c(Cl)c1. The van der Waals surface area contributed by atoms with Gasteiger partial charge in [0.05, 0.1) is 5.02 Å². The van der Waals surface area contributed by atoms with Gasteiger partial charge in [-0.2, -0.15) is 9.61 Å². The van der Waals surface area contributed by atoms with Crippen LogP contribution < -0.4 is 0 Å². The van der Waals surface area contributed by atoms with Crippen molar-refractivity contribution in [3.05, 3.63) is 34.1 Å². The lowest BCUT2D eigenvalue weighted by atomic mass is 9.89. The van der Waals surface area contributed by atoms with E-state index in [4.69, 9.17) is 28.3 Å². The Kier molecular flexibility index (Phi) is 3.80. The van der Waals surface area contributed by atoms with Gasteiger partial charge < -0.3 is 0 Å². The lowest BCUT2D eigenvalue weighted by Gasteiger charge is -2.18. The van der Waals surface area contributed by atoms with Gasteiger partial charge in [0.15, 0.2) is 5.82 Å². The summed E-state index contributed by atoms with van der Waals surface area (Å²) in [5, 5.41) is 15.4. The third-order valence-electron chi connectivity index (χ3n) is 4.15. The monoisotopic (exact) mass is 352 g/mol. The van der Waals surface area contributed by atoms with Crippen LogP contribution in [0.4, 0.5) is 0 Å². The Morgan fingerprint density at radius 2 is 1.91 bits per heavy atom. The second kappa shape index (κ2) is 5.80. The molecule has 4 rings (SSSR count). The highest BCUT2D eigenvalue weighted by Gasteiger charge is 2.23. The molecule has 1 aliphatic rings. The van der Waals surface area contributed by atoms with Crippen molar-refractivity contribution in [2.75, 3.05) is 0 Å². The molecular formula is C15H14Cl2N4S. The molecule has 0 radical (unpaired) electrons. The Labute approximate surface area is 142 Å². The summed E-state index contributed by atoms with van der Waals surface area (Å²) >= 11 is 13.7. The fraction of sp³-hybridized carbons (Fsp3) is 0.400. The van der Waals surface area contributed by atoms with E-state index in [1.165, 1.54) is 43.4 Å². The highest BCUT2D eigenvalue weighted by atomic mass is 35.5. The van der Waals surface area contributed by atoms with E-state index in [9.17, 15) is 0 Å². The number of nitrogens with zero attached hydrogens (tertiary/aromatic N) is 4. The van der Waals surface area contributed by atoms with Crippen molar-refractivity contribution >= 4 is 39.5 Å². The number of benzene rings is 1. The maximum Gasteiger partial charge on any atom is 0.234 e. The summed E-state index contributed by atoms with van der Waals surface area (Å²) in [5.74, 6) is 1.46. The van der Waals surface area contributed by atoms with Crippen LogP contribution in [0.25, 0.3) is 15.5 Å². The number of rotatable bonds is 2. The molecule has 3 aromatic rings. The van der Waals surface area contributed by atoms with Crippen molar-refractivity contribution in [1.29, 1.82) is 0 Å². The molecule has 2 heterocycles. The van der Waals surface area contributed by atoms with Crippen LogP contribution >= 0.6 is 34.5 Å². The topological polar surface area (TPSA) is 43.1 Å². The molecule has 0 saturated heterocycles. The summed E-state index contributed by atoms with van der Waals surface area (Å²) in [4.78, 5) is 0.821. The summed E-state index contributed by atoms with van der Waals surface area (Å²) in [6.45, 7) is 0. The third-order valence-corrected chi connectivity index (χ3v) is 5.63. The first-order valence-corrected chi connectivity index (χ1v) is 8.97. The molecule has 0 spiro atoms. The first-order chi connectivity index (χ1) is 10.7. The largest absolute Gasteiger partial charge is 0.234 e. The molecule has 1 aromatic carbocycles. The molecular weight excluding hydrogens is 339 g/mol. The van der Waals surface area contributed by atoms with Gasteiger partial charge in [0.25, 0.3) is 0 Å². The summed E-state index contributed by atoms with van der Waals surface area (Å²) in [7, 11) is 0. The van der Waals surface area contributed by atoms with Gasteiger partial charge >= 0.3 is 0 Å². The van der Waals surface area contributed by atoms with E-state index in [0.29, 0.717) is 16.0 Å². The van der Waals surface area contributed by atoms with E-state index in [1.807, 2.05) is 16.6 Å². The molecule has 0 amide bonds. The number of halogens is 2. The van der Waals surface area contributed by atoms with E-state index in [0.717, 1.165) is 21.4 Å². The molecule has 7 heteroatoms. The van der Waals surface area contributed by atoms with Crippen LogP contribution in [0.15, 0.2) is 18.2 Å². The van der Waals surface area contributed by atoms with Gasteiger partial charge in [0, 0.05) is 16.5 Å². The smallest absolute Gasteiger partial charge is 0.187 e. The third kappa shape index (κ3) is 2.51. The lowest BCUT2D eigenvalue weighted by Crippen LogP contribution is -2.09. The van der Waals surface area contributed by atoms with Gasteiger partial charge in [0.1, 0.15) is 5.01 Å². The summed E-state index contributed by atoms with van der Waals surface area (Å²) in [6, 6.07) is 5.47. The maximum atomic E-state index is 6.28. The molecule has 4 nitrogen and oxygen atoms in total. The zero-order chi connectivity index (χ0) is 15.1. The molecule has 0 unspecified atom stereocenters. The van der Waals surface area contributed by atoms with Crippen molar-refractivity contribution in [3.8, 4) is 10.6 Å². The second-order valence-corrected chi connectivity index (χ2v) is 7.42. The predicted molar refractivity (Wildman–Crippen MR) is 89.9 cm³/mol. The van der Waals surface area contributed by atoms with E-state index >= 15 is 0 Å². The van der Waals surface area contributed by atoms with Crippen molar-refractivity contribution in [3.63, 3.8) is 0 Å². The minimum Gasteiger partial charge on any atom is -0.187 e. The predicted octanol–water partition coefficient (Wildman–Crippen LogP) is 5.21. The Morgan fingerprint density at radius 1 is 1.09 bits per heavy atom. The number of hydrogen-bond acceptors (Lipinski definition) is 4. The minimum atomic E-state index is 0.472. The maximum absolute atomic E-state index is 6.28. The van der Waals surface area contributed by atoms with E-state index in [2.05, 4.69) is 10.2 Å². The standard InChI is InChI=1S/C15H14Cl2N4S/c16-10-6-7-11(12(17)8-10)14-20-21-13(18-19-15(21)22-14)9-4-2-1-3-5-9/h6-9H,1-5H2. The average molecular weight is 353 g/mol. The lowest BCUT2D eigenvalue weighted by molar-refractivity contribution is 0.423.